The highest BCUT2D eigenvalue weighted by Crippen LogP contribution is 2.39. The van der Waals surface area contributed by atoms with Gasteiger partial charge in [-0.15, -0.1) is 0 Å². The molecule has 106 valence electrons. The van der Waals surface area contributed by atoms with Crippen LogP contribution in [0.4, 0.5) is 0 Å². The van der Waals surface area contributed by atoms with Gasteiger partial charge in [-0.1, -0.05) is 23.2 Å². The maximum Gasteiger partial charge on any atom is 0.303 e. The first-order valence-corrected chi connectivity index (χ1v) is 6.44. The van der Waals surface area contributed by atoms with Gasteiger partial charge in [-0.2, -0.15) is 0 Å². The van der Waals surface area contributed by atoms with Crippen molar-refractivity contribution in [3.05, 3.63) is 34.0 Å². The third-order valence-corrected chi connectivity index (χ3v) is 3.72. The highest BCUT2D eigenvalue weighted by Gasteiger charge is 2.24. The number of hydrogen-bond acceptors (Lipinski definition) is 3. The lowest BCUT2D eigenvalue weighted by Crippen LogP contribution is -2.11. The Morgan fingerprint density at radius 2 is 1.80 bits per heavy atom. The van der Waals surface area contributed by atoms with E-state index in [0.717, 1.165) is 0 Å². The molecule has 1 aromatic heterocycles. The summed E-state index contributed by atoms with van der Waals surface area (Å²) in [6, 6.07) is 3.11. The highest BCUT2D eigenvalue weighted by atomic mass is 35.5. The molecule has 0 radical (unpaired) electrons. The van der Waals surface area contributed by atoms with Crippen LogP contribution in [-0.4, -0.2) is 22.2 Å². The molecule has 0 atom stereocenters. The monoisotopic (exact) mass is 316 g/mol. The molecule has 5 nitrogen and oxygen atoms in total. The van der Waals surface area contributed by atoms with Crippen molar-refractivity contribution in [3.63, 3.8) is 0 Å². The van der Waals surface area contributed by atoms with E-state index >= 15 is 0 Å². The summed E-state index contributed by atoms with van der Waals surface area (Å²) in [7, 11) is 0. The molecule has 1 aromatic carbocycles. The van der Waals surface area contributed by atoms with Gasteiger partial charge in [0.1, 0.15) is 5.02 Å². The molecule has 0 aliphatic rings. The van der Waals surface area contributed by atoms with E-state index in [1.807, 2.05) is 0 Å². The van der Waals surface area contributed by atoms with Crippen LogP contribution in [0.25, 0.3) is 11.0 Å². The second kappa shape index (κ2) is 5.73. The normalized spacial score (nSPS) is 11.2. The van der Waals surface area contributed by atoms with Gasteiger partial charge in [0, 0.05) is 11.3 Å². The van der Waals surface area contributed by atoms with Crippen molar-refractivity contribution in [2.75, 3.05) is 0 Å². The van der Waals surface area contributed by atoms with Gasteiger partial charge in [-0.3, -0.25) is 9.59 Å². The van der Waals surface area contributed by atoms with Crippen LogP contribution in [0.3, 0.4) is 0 Å². The Hall–Kier alpha value is -1.72. The van der Waals surface area contributed by atoms with E-state index in [4.69, 9.17) is 37.8 Å². The molecule has 0 fully saturated rings. The summed E-state index contributed by atoms with van der Waals surface area (Å²) in [6.07, 6.45) is 0.768. The van der Waals surface area contributed by atoms with Crippen LogP contribution < -0.4 is 0 Å². The number of carboxylic acid groups (broad SMARTS) is 2. The van der Waals surface area contributed by atoms with Gasteiger partial charge in [-0.05, 0) is 17.7 Å². The van der Waals surface area contributed by atoms with E-state index in [1.165, 1.54) is 12.3 Å². The van der Waals surface area contributed by atoms with Gasteiger partial charge in [0.15, 0.2) is 5.58 Å². The molecule has 0 amide bonds. The second-order valence-corrected chi connectivity index (χ2v) is 5.10. The van der Waals surface area contributed by atoms with Gasteiger partial charge < -0.3 is 14.6 Å². The molecule has 2 N–H and O–H groups in total. The number of aliphatic carboxylic acids is 2. The van der Waals surface area contributed by atoms with Crippen LogP contribution >= 0.6 is 23.2 Å². The number of fused-ring (bicyclic) bond motifs is 1. The van der Waals surface area contributed by atoms with Crippen LogP contribution in [0.15, 0.2) is 22.8 Å². The fourth-order valence-corrected chi connectivity index (χ4v) is 2.55. The number of carbonyl (C=O) groups is 2. The summed E-state index contributed by atoms with van der Waals surface area (Å²) < 4.78 is 5.22. The molecular formula is C13H10Cl2O5. The summed E-state index contributed by atoms with van der Waals surface area (Å²) in [4.78, 5) is 21.8. The zero-order chi connectivity index (χ0) is 14.9. The summed E-state index contributed by atoms with van der Waals surface area (Å²) >= 11 is 12.0. The lowest BCUT2D eigenvalue weighted by molar-refractivity contribution is -0.139. The Kier molecular flexibility index (Phi) is 4.20. The number of furan rings is 1. The van der Waals surface area contributed by atoms with Crippen LogP contribution in [0.5, 0.6) is 0 Å². The third kappa shape index (κ3) is 2.89. The van der Waals surface area contributed by atoms with Crippen molar-refractivity contribution in [2.24, 2.45) is 0 Å². The van der Waals surface area contributed by atoms with E-state index in [1.54, 1.807) is 6.07 Å². The molecule has 0 aliphatic heterocycles. The molecule has 1 heterocycles. The van der Waals surface area contributed by atoms with Crippen molar-refractivity contribution in [1.29, 1.82) is 0 Å². The first-order chi connectivity index (χ1) is 9.40. The Balaban J connectivity index is 2.57. The minimum Gasteiger partial charge on any atom is -0.481 e. The average molecular weight is 317 g/mol. The maximum atomic E-state index is 10.9. The topological polar surface area (TPSA) is 87.7 Å². The molecule has 2 rings (SSSR count). The minimum atomic E-state index is -1.08. The Bertz CT molecular complexity index is 661. The predicted molar refractivity (Wildman–Crippen MR) is 73.5 cm³/mol. The van der Waals surface area contributed by atoms with E-state index in [9.17, 15) is 9.59 Å². The van der Waals surface area contributed by atoms with Gasteiger partial charge in [0.25, 0.3) is 0 Å². The molecule has 0 aliphatic carbocycles. The largest absolute Gasteiger partial charge is 0.481 e. The molecule has 7 heteroatoms. The van der Waals surface area contributed by atoms with Gasteiger partial charge in [0.2, 0.25) is 0 Å². The Morgan fingerprint density at radius 3 is 2.35 bits per heavy atom. The third-order valence-electron chi connectivity index (χ3n) is 2.95. The molecule has 0 saturated carbocycles. The number of hydrogen-bond donors (Lipinski definition) is 2. The molecule has 0 bridgehead atoms. The molecule has 0 unspecified atom stereocenters. The second-order valence-electron chi connectivity index (χ2n) is 4.32. The Labute approximate surface area is 123 Å². The molecule has 2 aromatic rings. The standard InChI is InChI=1S/C13H10Cl2O5/c14-9-5-8(6(3-10(16)17)4-11(18)19)7-1-2-20-13(7)12(9)15/h1-2,5-6H,3-4H2,(H,16,17)(H,18,19). The zero-order valence-electron chi connectivity index (χ0n) is 10.1. The van der Waals surface area contributed by atoms with Crippen molar-refractivity contribution < 1.29 is 24.2 Å². The zero-order valence-corrected chi connectivity index (χ0v) is 11.6. The van der Waals surface area contributed by atoms with Gasteiger partial charge in [0.05, 0.1) is 24.1 Å². The average Bonchev–Trinajstić information content (AvgIpc) is 2.81. The van der Waals surface area contributed by atoms with Crippen molar-refractivity contribution >= 4 is 46.1 Å². The fraction of sp³-hybridized carbons (Fsp3) is 0.231. The number of rotatable bonds is 5. The molecular weight excluding hydrogens is 307 g/mol. The quantitative estimate of drug-likeness (QED) is 0.876. The first kappa shape index (κ1) is 14.7. The number of benzene rings is 1. The predicted octanol–water partition coefficient (Wildman–Crippen LogP) is 3.77. The lowest BCUT2D eigenvalue weighted by Gasteiger charge is -2.15. The molecule has 0 spiro atoms. The molecule has 20 heavy (non-hydrogen) atoms. The van der Waals surface area contributed by atoms with Gasteiger partial charge >= 0.3 is 11.9 Å². The van der Waals surface area contributed by atoms with Gasteiger partial charge in [-0.25, -0.2) is 0 Å². The Morgan fingerprint density at radius 1 is 1.20 bits per heavy atom. The van der Waals surface area contributed by atoms with Crippen molar-refractivity contribution in [2.45, 2.75) is 18.8 Å². The van der Waals surface area contributed by atoms with Crippen LogP contribution in [0, 0.1) is 0 Å². The number of halogens is 2. The number of carboxylic acids is 2. The highest BCUT2D eigenvalue weighted by molar-refractivity contribution is 6.45. The van der Waals surface area contributed by atoms with E-state index in [2.05, 4.69) is 0 Å². The maximum absolute atomic E-state index is 10.9. The SMILES string of the molecule is O=C(O)CC(CC(=O)O)c1cc(Cl)c(Cl)c2occc12. The summed E-state index contributed by atoms with van der Waals surface area (Å²) in [5.74, 6) is -2.88. The van der Waals surface area contributed by atoms with E-state index < -0.39 is 17.9 Å². The van der Waals surface area contributed by atoms with E-state index in [0.29, 0.717) is 16.5 Å². The van der Waals surface area contributed by atoms with Crippen molar-refractivity contribution in [3.8, 4) is 0 Å². The fourth-order valence-electron chi connectivity index (χ4n) is 2.14. The van der Waals surface area contributed by atoms with Crippen LogP contribution in [0.2, 0.25) is 10.0 Å². The van der Waals surface area contributed by atoms with Crippen LogP contribution in [-0.2, 0) is 9.59 Å². The first-order valence-electron chi connectivity index (χ1n) is 5.68. The van der Waals surface area contributed by atoms with Crippen LogP contribution in [0.1, 0.15) is 24.3 Å². The minimum absolute atomic E-state index is 0.199. The smallest absolute Gasteiger partial charge is 0.303 e. The lowest BCUT2D eigenvalue weighted by atomic mass is 9.90. The summed E-state index contributed by atoms with van der Waals surface area (Å²) in [5, 5.41) is 18.9. The summed E-state index contributed by atoms with van der Waals surface area (Å²) in [6.45, 7) is 0. The summed E-state index contributed by atoms with van der Waals surface area (Å²) in [5.41, 5.74) is 0.836. The molecule has 0 saturated heterocycles. The van der Waals surface area contributed by atoms with Crippen molar-refractivity contribution in [1.82, 2.24) is 0 Å². The van der Waals surface area contributed by atoms with E-state index in [-0.39, 0.29) is 22.9 Å².